The number of aromatic nitrogens is 1. The summed E-state index contributed by atoms with van der Waals surface area (Å²) in [6, 6.07) is 0. The van der Waals surface area contributed by atoms with Gasteiger partial charge in [-0.25, -0.2) is 0 Å². The van der Waals surface area contributed by atoms with Crippen molar-refractivity contribution in [2.24, 2.45) is 0 Å². The molecule has 0 aromatic carbocycles. The molecule has 0 amide bonds. The fourth-order valence-corrected chi connectivity index (χ4v) is 0.932. The maximum Gasteiger partial charge on any atom is 0.325 e. The zero-order chi connectivity index (χ0) is 7.14. The van der Waals surface area contributed by atoms with Crippen LogP contribution < -0.4 is 5.73 Å². The minimum Gasteiger partial charge on any atom is -0.430 e. The Balaban J connectivity index is 2.98. The van der Waals surface area contributed by atoms with Crippen LogP contribution in [0.3, 0.4) is 0 Å². The van der Waals surface area contributed by atoms with Crippen molar-refractivity contribution in [2.75, 3.05) is 5.73 Å². The van der Waals surface area contributed by atoms with Gasteiger partial charge < -0.3 is 14.7 Å². The summed E-state index contributed by atoms with van der Waals surface area (Å²) in [5.41, 5.74) is 6.87. The Morgan fingerprint density at radius 3 is 3.10 bits per heavy atom. The van der Waals surface area contributed by atoms with Gasteiger partial charge in [0.1, 0.15) is 11.6 Å². The molecule has 2 N–H and O–H groups in total. The van der Waals surface area contributed by atoms with Crippen molar-refractivity contribution in [2.45, 2.75) is 6.92 Å². The van der Waals surface area contributed by atoms with Crippen molar-refractivity contribution < 1.29 is 8.94 Å². The molecular weight excluding hydrogens is 132 g/mol. The van der Waals surface area contributed by atoms with E-state index in [0.717, 1.165) is 11.1 Å². The monoisotopic (exact) mass is 138 g/mol. The number of hydrogen-bond donors (Lipinski definition) is 1. The Bertz CT molecular complexity index is 329. The average Bonchev–Trinajstić information content (AvgIpc) is 2.40. The van der Waals surface area contributed by atoms with Gasteiger partial charge >= 0.3 is 5.78 Å². The van der Waals surface area contributed by atoms with Gasteiger partial charge in [-0.3, -0.25) is 0 Å². The number of nitrogens with zero attached hydrogens (tertiary/aromatic N) is 1. The van der Waals surface area contributed by atoms with Crippen LogP contribution in [0.15, 0.2) is 15.2 Å². The first-order valence-electron chi connectivity index (χ1n) is 2.88. The average molecular weight is 138 g/mol. The van der Waals surface area contributed by atoms with Crippen LogP contribution in [0.1, 0.15) is 5.69 Å². The molecular formula is C6H6N2O2. The molecule has 2 rings (SSSR count). The third kappa shape index (κ3) is 0.478. The van der Waals surface area contributed by atoms with Crippen LogP contribution in [0, 0.1) is 6.92 Å². The quantitative estimate of drug-likeness (QED) is 0.596. The van der Waals surface area contributed by atoms with E-state index in [1.807, 2.05) is 6.92 Å². The lowest BCUT2D eigenvalue weighted by Crippen LogP contribution is -1.80. The Labute approximate surface area is 56.6 Å². The Kier molecular flexibility index (Phi) is 0.818. The van der Waals surface area contributed by atoms with E-state index in [0.29, 0.717) is 11.5 Å². The number of rotatable bonds is 0. The van der Waals surface area contributed by atoms with Crippen LogP contribution >= 0.6 is 0 Å². The van der Waals surface area contributed by atoms with Crippen LogP contribution in [0.5, 0.6) is 0 Å². The van der Waals surface area contributed by atoms with E-state index < -0.39 is 0 Å². The second kappa shape index (κ2) is 1.53. The molecule has 0 spiro atoms. The first-order chi connectivity index (χ1) is 4.79. The molecule has 0 saturated heterocycles. The van der Waals surface area contributed by atoms with Crippen molar-refractivity contribution in [1.29, 1.82) is 0 Å². The maximum absolute atomic E-state index is 5.53. The number of fused-ring (bicyclic) bond motifs is 1. The molecule has 0 atom stereocenters. The summed E-state index contributed by atoms with van der Waals surface area (Å²) in [5, 5.41) is 4.45. The van der Waals surface area contributed by atoms with Gasteiger partial charge in [0.2, 0.25) is 0 Å². The topological polar surface area (TPSA) is 65.2 Å². The van der Waals surface area contributed by atoms with E-state index in [9.17, 15) is 0 Å². The minimum atomic E-state index is 0.398. The van der Waals surface area contributed by atoms with Crippen LogP contribution in [-0.2, 0) is 0 Å². The van der Waals surface area contributed by atoms with E-state index in [1.54, 1.807) is 0 Å². The lowest BCUT2D eigenvalue weighted by molar-refractivity contribution is 0.385. The standard InChI is InChI=1S/C6H6N2O2/c1-3-5-4(7)2-9-6(5)10-8-3/h2H,7H2,1H3. The molecule has 2 heterocycles. The normalized spacial score (nSPS) is 10.9. The van der Waals surface area contributed by atoms with Gasteiger partial charge in [-0.1, -0.05) is 5.16 Å². The summed E-state index contributed by atoms with van der Waals surface area (Å²) in [7, 11) is 0. The molecule has 4 nitrogen and oxygen atoms in total. The van der Waals surface area contributed by atoms with E-state index in [2.05, 4.69) is 5.16 Å². The molecule has 0 fully saturated rings. The van der Waals surface area contributed by atoms with Gasteiger partial charge in [0.25, 0.3) is 0 Å². The van der Waals surface area contributed by atoms with Crippen LogP contribution in [-0.4, -0.2) is 5.16 Å². The molecule has 2 aromatic heterocycles. The number of aryl methyl sites for hydroxylation is 1. The second-order valence-corrected chi connectivity index (χ2v) is 2.12. The smallest absolute Gasteiger partial charge is 0.325 e. The Morgan fingerprint density at radius 1 is 1.60 bits per heavy atom. The largest absolute Gasteiger partial charge is 0.430 e. The lowest BCUT2D eigenvalue weighted by atomic mass is 10.3. The van der Waals surface area contributed by atoms with Crippen molar-refractivity contribution in [1.82, 2.24) is 5.16 Å². The zero-order valence-corrected chi connectivity index (χ0v) is 5.42. The second-order valence-electron chi connectivity index (χ2n) is 2.12. The molecule has 0 unspecified atom stereocenters. The zero-order valence-electron chi connectivity index (χ0n) is 5.42. The summed E-state index contributed by atoms with van der Waals surface area (Å²) >= 11 is 0. The number of nitrogen functional groups attached to an aromatic ring is 1. The van der Waals surface area contributed by atoms with Gasteiger partial charge in [-0.05, 0) is 6.92 Å². The summed E-state index contributed by atoms with van der Waals surface area (Å²) in [6.07, 6.45) is 1.45. The molecule has 2 aromatic rings. The van der Waals surface area contributed by atoms with Crippen molar-refractivity contribution in [3.8, 4) is 0 Å². The number of hydrogen-bond acceptors (Lipinski definition) is 4. The van der Waals surface area contributed by atoms with Gasteiger partial charge in [0, 0.05) is 0 Å². The highest BCUT2D eigenvalue weighted by Gasteiger charge is 2.10. The minimum absolute atomic E-state index is 0.398. The molecule has 4 heteroatoms. The highest BCUT2D eigenvalue weighted by Crippen LogP contribution is 2.25. The molecule has 10 heavy (non-hydrogen) atoms. The molecule has 52 valence electrons. The summed E-state index contributed by atoms with van der Waals surface area (Å²) in [5.74, 6) is 0.398. The molecule has 0 radical (unpaired) electrons. The summed E-state index contributed by atoms with van der Waals surface area (Å²) in [4.78, 5) is 0. The molecule has 0 bridgehead atoms. The predicted octanol–water partition coefficient (Wildman–Crippen LogP) is 1.31. The number of nitrogens with two attached hydrogens (primary N) is 1. The van der Waals surface area contributed by atoms with Crippen LogP contribution in [0.2, 0.25) is 0 Å². The summed E-state index contributed by atoms with van der Waals surface area (Å²) < 4.78 is 9.69. The highest BCUT2D eigenvalue weighted by atomic mass is 16.5. The van der Waals surface area contributed by atoms with Gasteiger partial charge in [-0.2, -0.15) is 0 Å². The first kappa shape index (κ1) is 5.34. The molecule has 0 saturated carbocycles. The highest BCUT2D eigenvalue weighted by molar-refractivity contribution is 5.87. The Morgan fingerprint density at radius 2 is 2.40 bits per heavy atom. The fraction of sp³-hybridized carbons (Fsp3) is 0.167. The van der Waals surface area contributed by atoms with E-state index in [-0.39, 0.29) is 0 Å². The Hall–Kier alpha value is -1.45. The van der Waals surface area contributed by atoms with Crippen LogP contribution in [0.4, 0.5) is 5.69 Å². The molecule has 0 aliphatic carbocycles. The summed E-state index contributed by atoms with van der Waals surface area (Å²) in [6.45, 7) is 1.82. The van der Waals surface area contributed by atoms with Gasteiger partial charge in [0.15, 0.2) is 0 Å². The van der Waals surface area contributed by atoms with Crippen molar-refractivity contribution in [3.63, 3.8) is 0 Å². The fourth-order valence-electron chi connectivity index (χ4n) is 0.932. The lowest BCUT2D eigenvalue weighted by Gasteiger charge is -1.78. The van der Waals surface area contributed by atoms with E-state index in [4.69, 9.17) is 14.7 Å². The number of furan rings is 1. The maximum atomic E-state index is 5.53. The third-order valence-corrected chi connectivity index (χ3v) is 1.41. The SMILES string of the molecule is Cc1noc2occ(N)c12. The number of anilines is 1. The molecule has 0 aliphatic rings. The van der Waals surface area contributed by atoms with Crippen molar-refractivity contribution >= 4 is 16.9 Å². The third-order valence-electron chi connectivity index (χ3n) is 1.41. The van der Waals surface area contributed by atoms with Gasteiger partial charge in [0.05, 0.1) is 11.4 Å². The van der Waals surface area contributed by atoms with Crippen molar-refractivity contribution in [3.05, 3.63) is 12.0 Å². The van der Waals surface area contributed by atoms with E-state index >= 15 is 0 Å². The van der Waals surface area contributed by atoms with Gasteiger partial charge in [-0.15, -0.1) is 0 Å². The molecule has 0 aliphatic heterocycles. The first-order valence-corrected chi connectivity index (χ1v) is 2.88. The van der Waals surface area contributed by atoms with E-state index in [1.165, 1.54) is 6.26 Å². The predicted molar refractivity (Wildman–Crippen MR) is 35.4 cm³/mol. The van der Waals surface area contributed by atoms with Crippen LogP contribution in [0.25, 0.3) is 11.2 Å².